The molecule has 0 radical (unpaired) electrons. The molecule has 24 heavy (non-hydrogen) atoms. The second kappa shape index (κ2) is 8.26. The summed E-state index contributed by atoms with van der Waals surface area (Å²) in [6.07, 6.45) is 0. The van der Waals surface area contributed by atoms with Crippen molar-refractivity contribution >= 4 is 28.7 Å². The van der Waals surface area contributed by atoms with Gasteiger partial charge in [0.05, 0.1) is 17.6 Å². The Kier molecular flexibility index (Phi) is 6.08. The molecule has 2 aromatic rings. The van der Waals surface area contributed by atoms with E-state index in [0.29, 0.717) is 17.4 Å². The summed E-state index contributed by atoms with van der Waals surface area (Å²) >= 11 is 5.28. The van der Waals surface area contributed by atoms with Crippen LogP contribution in [0.25, 0.3) is 0 Å². The molecule has 0 unspecified atom stereocenters. The Hall–Kier alpha value is -2.67. The number of benzene rings is 2. The lowest BCUT2D eigenvalue weighted by Crippen LogP contribution is -2.30. The highest BCUT2D eigenvalue weighted by atomic mass is 32.1. The van der Waals surface area contributed by atoms with Gasteiger partial charge in [-0.1, -0.05) is 12.1 Å². The predicted octanol–water partition coefficient (Wildman–Crippen LogP) is 4.04. The van der Waals surface area contributed by atoms with Crippen molar-refractivity contribution in [2.75, 3.05) is 11.9 Å². The summed E-state index contributed by atoms with van der Waals surface area (Å²) in [6, 6.07) is 13.9. The number of ether oxygens (including phenoxy) is 1. The van der Waals surface area contributed by atoms with Crippen LogP contribution in [0.3, 0.4) is 0 Å². The zero-order valence-electron chi connectivity index (χ0n) is 13.5. The van der Waals surface area contributed by atoms with Crippen LogP contribution in [0.4, 0.5) is 11.4 Å². The fourth-order valence-corrected chi connectivity index (χ4v) is 2.43. The zero-order chi connectivity index (χ0) is 17.5. The topological polar surface area (TPSA) is 76.4 Å². The van der Waals surface area contributed by atoms with E-state index in [2.05, 4.69) is 10.6 Å². The van der Waals surface area contributed by atoms with Crippen LogP contribution in [0, 0.1) is 10.1 Å². The van der Waals surface area contributed by atoms with Crippen LogP contribution in [-0.4, -0.2) is 16.6 Å². The van der Waals surface area contributed by atoms with Crippen molar-refractivity contribution in [2.45, 2.75) is 19.9 Å². The molecule has 0 heterocycles. The van der Waals surface area contributed by atoms with E-state index in [1.54, 1.807) is 12.1 Å². The Balaban J connectivity index is 1.92. The summed E-state index contributed by atoms with van der Waals surface area (Å²) in [5.74, 6) is 0.833. The monoisotopic (exact) mass is 345 g/mol. The highest BCUT2D eigenvalue weighted by Crippen LogP contribution is 2.18. The van der Waals surface area contributed by atoms with E-state index in [1.807, 2.05) is 38.1 Å². The second-order valence-corrected chi connectivity index (χ2v) is 5.53. The molecule has 0 fully saturated rings. The first-order valence-corrected chi connectivity index (χ1v) is 7.95. The van der Waals surface area contributed by atoms with E-state index < -0.39 is 4.92 Å². The third-order valence-electron chi connectivity index (χ3n) is 3.37. The number of hydrogen-bond acceptors (Lipinski definition) is 4. The van der Waals surface area contributed by atoms with Gasteiger partial charge < -0.3 is 15.4 Å². The largest absolute Gasteiger partial charge is 0.494 e. The highest BCUT2D eigenvalue weighted by Gasteiger charge is 2.09. The average Bonchev–Trinajstić information content (AvgIpc) is 2.56. The first-order valence-electron chi connectivity index (χ1n) is 7.54. The van der Waals surface area contributed by atoms with Gasteiger partial charge in [-0.05, 0) is 55.9 Å². The molecule has 0 saturated heterocycles. The van der Waals surface area contributed by atoms with Crippen molar-refractivity contribution in [1.82, 2.24) is 5.32 Å². The van der Waals surface area contributed by atoms with E-state index >= 15 is 0 Å². The Morgan fingerprint density at radius 2 is 1.83 bits per heavy atom. The fraction of sp³-hybridized carbons (Fsp3) is 0.235. The quantitative estimate of drug-likeness (QED) is 0.467. The number of nitrogens with one attached hydrogen (secondary N) is 2. The van der Waals surface area contributed by atoms with Crippen LogP contribution < -0.4 is 15.4 Å². The molecule has 0 bridgehead atoms. The van der Waals surface area contributed by atoms with E-state index in [0.717, 1.165) is 11.3 Å². The predicted molar refractivity (Wildman–Crippen MR) is 98.5 cm³/mol. The molecule has 1 atom stereocenters. The molecule has 6 nitrogen and oxygen atoms in total. The van der Waals surface area contributed by atoms with Crippen molar-refractivity contribution in [3.63, 3.8) is 0 Å². The molecule has 2 N–H and O–H groups in total. The summed E-state index contributed by atoms with van der Waals surface area (Å²) in [7, 11) is 0. The number of rotatable bonds is 6. The molecule has 7 heteroatoms. The normalized spacial score (nSPS) is 11.4. The third kappa shape index (κ3) is 4.92. The van der Waals surface area contributed by atoms with Crippen LogP contribution in [0.2, 0.25) is 0 Å². The van der Waals surface area contributed by atoms with Crippen LogP contribution in [-0.2, 0) is 0 Å². The Morgan fingerprint density at radius 3 is 2.38 bits per heavy atom. The van der Waals surface area contributed by atoms with Gasteiger partial charge in [-0.15, -0.1) is 0 Å². The molecule has 0 spiro atoms. The van der Waals surface area contributed by atoms with Crippen LogP contribution in [0.5, 0.6) is 5.75 Å². The fourth-order valence-electron chi connectivity index (χ4n) is 2.13. The van der Waals surface area contributed by atoms with Crippen molar-refractivity contribution in [3.05, 3.63) is 64.2 Å². The number of hydrogen-bond donors (Lipinski definition) is 2. The SMILES string of the molecule is CCOc1ccc([C@@H](C)NC(=S)Nc2ccc([N+](=O)[O-])cc2)cc1. The molecule has 2 aromatic carbocycles. The van der Waals surface area contributed by atoms with E-state index in [9.17, 15) is 10.1 Å². The van der Waals surface area contributed by atoms with E-state index in [-0.39, 0.29) is 11.7 Å². The van der Waals surface area contributed by atoms with Gasteiger partial charge in [0.1, 0.15) is 5.75 Å². The Morgan fingerprint density at radius 1 is 1.21 bits per heavy atom. The lowest BCUT2D eigenvalue weighted by atomic mass is 10.1. The minimum Gasteiger partial charge on any atom is -0.494 e. The summed E-state index contributed by atoms with van der Waals surface area (Å²) < 4.78 is 5.42. The number of nitrogens with zero attached hydrogens (tertiary/aromatic N) is 1. The van der Waals surface area contributed by atoms with Crippen molar-refractivity contribution < 1.29 is 9.66 Å². The summed E-state index contributed by atoms with van der Waals surface area (Å²) in [6.45, 7) is 4.58. The van der Waals surface area contributed by atoms with Crippen LogP contribution >= 0.6 is 12.2 Å². The second-order valence-electron chi connectivity index (χ2n) is 5.13. The first kappa shape index (κ1) is 17.7. The van der Waals surface area contributed by atoms with Gasteiger partial charge in [0.15, 0.2) is 5.11 Å². The molecule has 0 aliphatic heterocycles. The van der Waals surface area contributed by atoms with Gasteiger partial charge in [-0.25, -0.2) is 0 Å². The Labute approximate surface area is 146 Å². The molecule has 0 saturated carbocycles. The van der Waals surface area contributed by atoms with Crippen LogP contribution in [0.15, 0.2) is 48.5 Å². The number of nitro benzene ring substituents is 1. The molecular weight excluding hydrogens is 326 g/mol. The molecule has 126 valence electrons. The standard InChI is InChI=1S/C17H19N3O3S/c1-3-23-16-10-4-13(5-11-16)12(2)18-17(24)19-14-6-8-15(9-7-14)20(21)22/h4-12H,3H2,1-2H3,(H2,18,19,24)/t12-/m1/s1. The van der Waals surface area contributed by atoms with Gasteiger partial charge in [0.25, 0.3) is 5.69 Å². The third-order valence-corrected chi connectivity index (χ3v) is 3.59. The van der Waals surface area contributed by atoms with Gasteiger partial charge in [-0.2, -0.15) is 0 Å². The van der Waals surface area contributed by atoms with Crippen molar-refractivity contribution in [1.29, 1.82) is 0 Å². The lowest BCUT2D eigenvalue weighted by Gasteiger charge is -2.17. The van der Waals surface area contributed by atoms with Gasteiger partial charge >= 0.3 is 0 Å². The van der Waals surface area contributed by atoms with E-state index in [1.165, 1.54) is 12.1 Å². The van der Waals surface area contributed by atoms with Crippen molar-refractivity contribution in [2.24, 2.45) is 0 Å². The smallest absolute Gasteiger partial charge is 0.269 e. The number of anilines is 1. The zero-order valence-corrected chi connectivity index (χ0v) is 14.3. The van der Waals surface area contributed by atoms with Crippen molar-refractivity contribution in [3.8, 4) is 5.75 Å². The molecule has 2 rings (SSSR count). The number of nitro groups is 1. The lowest BCUT2D eigenvalue weighted by molar-refractivity contribution is -0.384. The van der Waals surface area contributed by atoms with Gasteiger partial charge in [0.2, 0.25) is 0 Å². The Bertz CT molecular complexity index is 702. The maximum atomic E-state index is 10.6. The molecule has 0 aliphatic carbocycles. The van der Waals surface area contributed by atoms with E-state index in [4.69, 9.17) is 17.0 Å². The first-order chi connectivity index (χ1) is 11.5. The van der Waals surface area contributed by atoms with Crippen LogP contribution in [0.1, 0.15) is 25.5 Å². The summed E-state index contributed by atoms with van der Waals surface area (Å²) in [4.78, 5) is 10.2. The molecular formula is C17H19N3O3S. The maximum Gasteiger partial charge on any atom is 0.269 e. The number of non-ortho nitro benzene ring substituents is 1. The molecule has 0 aliphatic rings. The van der Waals surface area contributed by atoms with Gasteiger partial charge in [0, 0.05) is 17.8 Å². The summed E-state index contributed by atoms with van der Waals surface area (Å²) in [5.41, 5.74) is 1.81. The van der Waals surface area contributed by atoms with Gasteiger partial charge in [-0.3, -0.25) is 10.1 Å². The highest BCUT2D eigenvalue weighted by molar-refractivity contribution is 7.80. The minimum atomic E-state index is -0.436. The summed E-state index contributed by atoms with van der Waals surface area (Å²) in [5, 5.41) is 17.3. The number of thiocarbonyl (C=S) groups is 1. The molecule has 0 aromatic heterocycles. The maximum absolute atomic E-state index is 10.6. The minimum absolute atomic E-state index is 0.0127. The molecule has 0 amide bonds. The average molecular weight is 345 g/mol.